The second-order valence-corrected chi connectivity index (χ2v) is 6.52. The fourth-order valence-electron chi connectivity index (χ4n) is 2.15. The summed E-state index contributed by atoms with van der Waals surface area (Å²) in [6.45, 7) is 6.75. The maximum atomic E-state index is 5.86. The molecule has 1 aromatic heterocycles. The summed E-state index contributed by atoms with van der Waals surface area (Å²) in [5.74, 6) is 2.00. The van der Waals surface area contributed by atoms with Crippen LogP contribution in [0.1, 0.15) is 30.9 Å². The largest absolute Gasteiger partial charge is 0.463 e. The van der Waals surface area contributed by atoms with Crippen molar-refractivity contribution in [1.29, 1.82) is 0 Å². The van der Waals surface area contributed by atoms with E-state index in [0.29, 0.717) is 6.04 Å². The first-order valence-corrected chi connectivity index (χ1v) is 8.07. The number of nitrogens with zero attached hydrogens (tertiary/aromatic N) is 1. The summed E-state index contributed by atoms with van der Waals surface area (Å²) in [6.07, 6.45) is 0. The molecule has 0 amide bonds. The van der Waals surface area contributed by atoms with E-state index in [9.17, 15) is 0 Å². The van der Waals surface area contributed by atoms with Gasteiger partial charge in [-0.25, -0.2) is 0 Å². The average Bonchev–Trinajstić information content (AvgIpc) is 2.86. The van der Waals surface area contributed by atoms with Crippen molar-refractivity contribution in [1.82, 2.24) is 10.2 Å². The lowest BCUT2D eigenvalue weighted by atomic mass is 10.2. The lowest BCUT2D eigenvalue weighted by Gasteiger charge is -2.16. The molecule has 3 nitrogen and oxygen atoms in total. The number of benzene rings is 1. The van der Waals surface area contributed by atoms with Crippen LogP contribution in [0.25, 0.3) is 0 Å². The van der Waals surface area contributed by atoms with Crippen LogP contribution in [0.15, 0.2) is 45.3 Å². The third-order valence-corrected chi connectivity index (χ3v) is 4.00. The third-order valence-electron chi connectivity index (χ3n) is 3.23. The van der Waals surface area contributed by atoms with E-state index in [4.69, 9.17) is 4.42 Å². The molecule has 0 saturated carbocycles. The van der Waals surface area contributed by atoms with Gasteiger partial charge in [0.25, 0.3) is 0 Å². The Morgan fingerprint density at radius 3 is 2.52 bits per heavy atom. The zero-order valence-corrected chi connectivity index (χ0v) is 14.5. The van der Waals surface area contributed by atoms with E-state index in [-0.39, 0.29) is 0 Å². The van der Waals surface area contributed by atoms with Gasteiger partial charge >= 0.3 is 0 Å². The fourth-order valence-corrected chi connectivity index (χ4v) is 2.56. The SMILES string of the molecule is CC(C)NCc1ccc(CN(C)Cc2ccccc2Br)o1. The van der Waals surface area contributed by atoms with Crippen molar-refractivity contribution < 1.29 is 4.42 Å². The minimum Gasteiger partial charge on any atom is -0.463 e. The van der Waals surface area contributed by atoms with Gasteiger partial charge in [-0.2, -0.15) is 0 Å². The number of hydrogen-bond acceptors (Lipinski definition) is 3. The van der Waals surface area contributed by atoms with Gasteiger partial charge < -0.3 is 9.73 Å². The average molecular weight is 351 g/mol. The summed E-state index contributed by atoms with van der Waals surface area (Å²) >= 11 is 3.59. The van der Waals surface area contributed by atoms with Crippen molar-refractivity contribution in [3.05, 3.63) is 58.0 Å². The van der Waals surface area contributed by atoms with Gasteiger partial charge in [-0.05, 0) is 30.8 Å². The first kappa shape index (κ1) is 16.3. The summed E-state index contributed by atoms with van der Waals surface area (Å²) in [7, 11) is 2.11. The van der Waals surface area contributed by atoms with Crippen LogP contribution in [0.2, 0.25) is 0 Å². The molecule has 1 N–H and O–H groups in total. The third kappa shape index (κ3) is 5.30. The number of furan rings is 1. The van der Waals surface area contributed by atoms with E-state index in [1.54, 1.807) is 0 Å². The Morgan fingerprint density at radius 1 is 1.10 bits per heavy atom. The van der Waals surface area contributed by atoms with Crippen molar-refractivity contribution in [2.45, 2.75) is 39.5 Å². The first-order valence-electron chi connectivity index (χ1n) is 7.27. The van der Waals surface area contributed by atoms with Gasteiger partial charge in [0.05, 0.1) is 13.1 Å². The van der Waals surface area contributed by atoms with Gasteiger partial charge in [-0.1, -0.05) is 48.0 Å². The molecule has 2 aromatic rings. The van der Waals surface area contributed by atoms with Gasteiger partial charge in [-0.15, -0.1) is 0 Å². The van der Waals surface area contributed by atoms with Gasteiger partial charge in [0, 0.05) is 17.1 Å². The highest BCUT2D eigenvalue weighted by molar-refractivity contribution is 9.10. The van der Waals surface area contributed by atoms with Crippen molar-refractivity contribution in [3.8, 4) is 0 Å². The highest BCUT2D eigenvalue weighted by Gasteiger charge is 2.08. The van der Waals surface area contributed by atoms with E-state index in [1.165, 1.54) is 5.56 Å². The van der Waals surface area contributed by atoms with E-state index >= 15 is 0 Å². The van der Waals surface area contributed by atoms with E-state index in [1.807, 2.05) is 6.07 Å². The summed E-state index contributed by atoms with van der Waals surface area (Å²) in [5.41, 5.74) is 1.29. The van der Waals surface area contributed by atoms with Crippen LogP contribution < -0.4 is 5.32 Å². The standard InChI is InChI=1S/C17H23BrN2O/c1-13(2)19-10-15-8-9-16(21-15)12-20(3)11-14-6-4-5-7-17(14)18/h4-9,13,19H,10-12H2,1-3H3. The zero-order chi connectivity index (χ0) is 15.2. The van der Waals surface area contributed by atoms with Crippen LogP contribution >= 0.6 is 15.9 Å². The molecule has 0 fully saturated rings. The predicted octanol–water partition coefficient (Wildman–Crippen LogP) is 4.17. The molecule has 0 aliphatic heterocycles. The van der Waals surface area contributed by atoms with Gasteiger partial charge in [0.2, 0.25) is 0 Å². The van der Waals surface area contributed by atoms with Gasteiger partial charge in [-0.3, -0.25) is 4.90 Å². The van der Waals surface area contributed by atoms with Crippen molar-refractivity contribution in [2.75, 3.05) is 7.05 Å². The number of halogens is 1. The molecule has 2 rings (SSSR count). The molecule has 1 aromatic carbocycles. The van der Waals surface area contributed by atoms with E-state index in [2.05, 4.69) is 77.4 Å². The van der Waals surface area contributed by atoms with Crippen LogP contribution in [0, 0.1) is 0 Å². The van der Waals surface area contributed by atoms with Crippen LogP contribution in [0.3, 0.4) is 0 Å². The molecule has 21 heavy (non-hydrogen) atoms. The Labute approximate surface area is 135 Å². The molecule has 0 atom stereocenters. The summed E-state index contributed by atoms with van der Waals surface area (Å²) in [6, 6.07) is 12.9. The van der Waals surface area contributed by atoms with Crippen LogP contribution in [0.5, 0.6) is 0 Å². The number of hydrogen-bond donors (Lipinski definition) is 1. The molecule has 114 valence electrons. The van der Waals surface area contributed by atoms with Crippen LogP contribution in [0.4, 0.5) is 0 Å². The van der Waals surface area contributed by atoms with Gasteiger partial charge in [0.15, 0.2) is 0 Å². The Hall–Kier alpha value is -1.10. The quantitative estimate of drug-likeness (QED) is 0.812. The topological polar surface area (TPSA) is 28.4 Å². The molecule has 0 saturated heterocycles. The molecule has 0 radical (unpaired) electrons. The van der Waals surface area contributed by atoms with Crippen LogP contribution in [-0.2, 0) is 19.6 Å². The summed E-state index contributed by atoms with van der Waals surface area (Å²) < 4.78 is 7.01. The second-order valence-electron chi connectivity index (χ2n) is 5.67. The molecular weight excluding hydrogens is 328 g/mol. The van der Waals surface area contributed by atoms with Crippen LogP contribution in [-0.4, -0.2) is 18.0 Å². The first-order chi connectivity index (χ1) is 10.0. The Kier molecular flexibility index (Phi) is 6.03. The molecule has 0 bridgehead atoms. The molecule has 0 aliphatic rings. The molecule has 4 heteroatoms. The zero-order valence-electron chi connectivity index (χ0n) is 12.9. The lowest BCUT2D eigenvalue weighted by Crippen LogP contribution is -2.21. The maximum Gasteiger partial charge on any atom is 0.118 e. The fraction of sp³-hybridized carbons (Fsp3) is 0.412. The lowest BCUT2D eigenvalue weighted by molar-refractivity contribution is 0.281. The summed E-state index contributed by atoms with van der Waals surface area (Å²) in [4.78, 5) is 2.25. The minimum absolute atomic E-state index is 0.469. The molecule has 0 unspecified atom stereocenters. The predicted molar refractivity (Wildman–Crippen MR) is 90.0 cm³/mol. The Balaban J connectivity index is 1.88. The van der Waals surface area contributed by atoms with Crippen molar-refractivity contribution in [3.63, 3.8) is 0 Å². The van der Waals surface area contributed by atoms with Gasteiger partial charge in [0.1, 0.15) is 11.5 Å². The molecule has 0 spiro atoms. The van der Waals surface area contributed by atoms with E-state index in [0.717, 1.165) is 35.6 Å². The Morgan fingerprint density at radius 2 is 1.81 bits per heavy atom. The smallest absolute Gasteiger partial charge is 0.118 e. The molecule has 0 aliphatic carbocycles. The maximum absolute atomic E-state index is 5.86. The second kappa shape index (κ2) is 7.78. The van der Waals surface area contributed by atoms with E-state index < -0.39 is 0 Å². The Bertz CT molecular complexity index is 565. The normalized spacial score (nSPS) is 11.5. The monoisotopic (exact) mass is 350 g/mol. The summed E-state index contributed by atoms with van der Waals surface area (Å²) in [5, 5.41) is 3.36. The molecule has 1 heterocycles. The number of rotatable bonds is 7. The minimum atomic E-state index is 0.469. The number of nitrogens with one attached hydrogen (secondary N) is 1. The van der Waals surface area contributed by atoms with Crippen molar-refractivity contribution >= 4 is 15.9 Å². The highest BCUT2D eigenvalue weighted by atomic mass is 79.9. The van der Waals surface area contributed by atoms with Crippen molar-refractivity contribution in [2.24, 2.45) is 0 Å². The highest BCUT2D eigenvalue weighted by Crippen LogP contribution is 2.18. The molecular formula is C17H23BrN2O.